The first-order valence-electron chi connectivity index (χ1n) is 8.43. The van der Waals surface area contributed by atoms with Crippen molar-refractivity contribution in [3.63, 3.8) is 0 Å². The van der Waals surface area contributed by atoms with Crippen LogP contribution in [0.2, 0.25) is 0 Å². The van der Waals surface area contributed by atoms with E-state index in [1.807, 2.05) is 37.3 Å². The summed E-state index contributed by atoms with van der Waals surface area (Å²) in [4.78, 5) is 12.5. The van der Waals surface area contributed by atoms with Crippen molar-refractivity contribution in [2.75, 3.05) is 5.32 Å². The molecule has 0 aliphatic carbocycles. The second kappa shape index (κ2) is 8.02. The smallest absolute Gasteiger partial charge is 0.260 e. The van der Waals surface area contributed by atoms with E-state index in [4.69, 9.17) is 0 Å². The number of hydrogen-bond acceptors (Lipinski definition) is 5. The van der Waals surface area contributed by atoms with Crippen LogP contribution in [0.25, 0.3) is 5.69 Å². The van der Waals surface area contributed by atoms with Crippen LogP contribution in [0.15, 0.2) is 36.5 Å². The van der Waals surface area contributed by atoms with Crippen LogP contribution < -0.4 is 5.32 Å². The van der Waals surface area contributed by atoms with Gasteiger partial charge in [0.15, 0.2) is 0 Å². The molecule has 0 spiro atoms. The summed E-state index contributed by atoms with van der Waals surface area (Å²) in [6.07, 6.45) is 5.95. The summed E-state index contributed by atoms with van der Waals surface area (Å²) in [7, 11) is 0. The number of benzene rings is 1. The van der Waals surface area contributed by atoms with Gasteiger partial charge in [0.1, 0.15) is 5.01 Å². The SMILES string of the molecule is CCCCCc1nnc(NC(=O)c2cnn(-c3ccccc3)c2C)s1. The molecule has 0 unspecified atom stereocenters. The Labute approximate surface area is 150 Å². The Balaban J connectivity index is 1.69. The molecule has 130 valence electrons. The van der Waals surface area contributed by atoms with Gasteiger partial charge in [0.25, 0.3) is 5.91 Å². The van der Waals surface area contributed by atoms with E-state index in [0.29, 0.717) is 10.7 Å². The van der Waals surface area contributed by atoms with Crippen molar-refractivity contribution in [3.05, 3.63) is 52.8 Å². The zero-order chi connectivity index (χ0) is 17.6. The highest BCUT2D eigenvalue weighted by Gasteiger charge is 2.17. The van der Waals surface area contributed by atoms with Crippen LogP contribution in [0.5, 0.6) is 0 Å². The fourth-order valence-electron chi connectivity index (χ4n) is 2.56. The van der Waals surface area contributed by atoms with Crippen molar-refractivity contribution in [1.82, 2.24) is 20.0 Å². The van der Waals surface area contributed by atoms with Crippen LogP contribution in [0.4, 0.5) is 5.13 Å². The third-order valence-corrected chi connectivity index (χ3v) is 4.84. The van der Waals surface area contributed by atoms with Gasteiger partial charge in [-0.3, -0.25) is 10.1 Å². The van der Waals surface area contributed by atoms with E-state index in [1.165, 1.54) is 24.2 Å². The summed E-state index contributed by atoms with van der Waals surface area (Å²) in [5.41, 5.74) is 2.25. The number of para-hydroxylation sites is 1. The predicted octanol–water partition coefficient (Wildman–Crippen LogP) is 4.02. The first kappa shape index (κ1) is 17.3. The summed E-state index contributed by atoms with van der Waals surface area (Å²) >= 11 is 1.43. The fourth-order valence-corrected chi connectivity index (χ4v) is 3.33. The van der Waals surface area contributed by atoms with E-state index in [-0.39, 0.29) is 5.91 Å². The molecule has 7 heteroatoms. The molecule has 0 bridgehead atoms. The van der Waals surface area contributed by atoms with Gasteiger partial charge in [-0.1, -0.05) is 49.3 Å². The minimum absolute atomic E-state index is 0.212. The molecular formula is C18H21N5OS. The number of nitrogens with one attached hydrogen (secondary N) is 1. The third-order valence-electron chi connectivity index (χ3n) is 3.94. The van der Waals surface area contributed by atoms with Crippen LogP contribution in [-0.4, -0.2) is 25.9 Å². The normalized spacial score (nSPS) is 10.8. The molecule has 3 aromatic rings. The highest BCUT2D eigenvalue weighted by Crippen LogP contribution is 2.20. The molecule has 0 atom stereocenters. The molecule has 0 radical (unpaired) electrons. The Morgan fingerprint density at radius 2 is 2.00 bits per heavy atom. The van der Waals surface area contributed by atoms with Crippen LogP contribution in [-0.2, 0) is 6.42 Å². The Bertz CT molecular complexity index is 840. The minimum atomic E-state index is -0.212. The maximum absolute atomic E-state index is 12.5. The van der Waals surface area contributed by atoms with Crippen LogP contribution >= 0.6 is 11.3 Å². The number of hydrogen-bond donors (Lipinski definition) is 1. The molecule has 0 fully saturated rings. The van der Waals surface area contributed by atoms with Crippen LogP contribution in [0.1, 0.15) is 47.2 Å². The molecule has 6 nitrogen and oxygen atoms in total. The molecule has 2 aromatic heterocycles. The van der Waals surface area contributed by atoms with Crippen molar-refractivity contribution < 1.29 is 4.79 Å². The number of aryl methyl sites for hydroxylation is 1. The molecule has 1 N–H and O–H groups in total. The third kappa shape index (κ3) is 4.11. The molecule has 0 saturated heterocycles. The highest BCUT2D eigenvalue weighted by atomic mass is 32.1. The van der Waals surface area contributed by atoms with Crippen molar-refractivity contribution in [1.29, 1.82) is 0 Å². The van der Waals surface area contributed by atoms with Crippen LogP contribution in [0.3, 0.4) is 0 Å². The maximum atomic E-state index is 12.5. The summed E-state index contributed by atoms with van der Waals surface area (Å²) in [5, 5.41) is 16.9. The topological polar surface area (TPSA) is 72.7 Å². The molecule has 25 heavy (non-hydrogen) atoms. The summed E-state index contributed by atoms with van der Waals surface area (Å²) in [6.45, 7) is 4.05. The summed E-state index contributed by atoms with van der Waals surface area (Å²) in [6, 6.07) is 9.74. The monoisotopic (exact) mass is 355 g/mol. The molecule has 3 rings (SSSR count). The predicted molar refractivity (Wildman–Crippen MR) is 99.4 cm³/mol. The van der Waals surface area contributed by atoms with Crippen LogP contribution in [0, 0.1) is 6.92 Å². The van der Waals surface area contributed by atoms with E-state index in [1.54, 1.807) is 10.9 Å². The van der Waals surface area contributed by atoms with E-state index in [9.17, 15) is 4.79 Å². The fraction of sp³-hybridized carbons (Fsp3) is 0.333. The van der Waals surface area contributed by atoms with E-state index in [0.717, 1.165) is 29.2 Å². The molecular weight excluding hydrogens is 334 g/mol. The number of amides is 1. The standard InChI is InChI=1S/C18H21N5OS/c1-3-4-6-11-16-21-22-18(25-16)20-17(24)15-12-19-23(13(15)2)14-9-7-5-8-10-14/h5,7-10,12H,3-4,6,11H2,1-2H3,(H,20,22,24). The zero-order valence-electron chi connectivity index (χ0n) is 14.4. The Kier molecular flexibility index (Phi) is 5.55. The first-order valence-corrected chi connectivity index (χ1v) is 9.24. The summed E-state index contributed by atoms with van der Waals surface area (Å²) < 4.78 is 1.76. The Morgan fingerprint density at radius 3 is 2.76 bits per heavy atom. The number of aromatic nitrogens is 4. The maximum Gasteiger partial charge on any atom is 0.260 e. The molecule has 1 amide bonds. The van der Waals surface area contributed by atoms with Gasteiger partial charge in [-0.05, 0) is 25.5 Å². The van der Waals surface area contributed by atoms with E-state index < -0.39 is 0 Å². The first-order chi connectivity index (χ1) is 12.2. The number of carbonyl (C=O) groups excluding carboxylic acids is 1. The van der Waals surface area contributed by atoms with Crippen molar-refractivity contribution >= 4 is 22.4 Å². The van der Waals surface area contributed by atoms with E-state index >= 15 is 0 Å². The van der Waals surface area contributed by atoms with Crippen molar-refractivity contribution in [2.45, 2.75) is 39.5 Å². The number of anilines is 1. The largest absolute Gasteiger partial charge is 0.296 e. The van der Waals surface area contributed by atoms with Gasteiger partial charge in [-0.15, -0.1) is 10.2 Å². The van der Waals surface area contributed by atoms with Gasteiger partial charge >= 0.3 is 0 Å². The minimum Gasteiger partial charge on any atom is -0.296 e. The van der Waals surface area contributed by atoms with Gasteiger partial charge in [0.2, 0.25) is 5.13 Å². The lowest BCUT2D eigenvalue weighted by Crippen LogP contribution is -2.13. The Hall–Kier alpha value is -2.54. The Morgan fingerprint density at radius 1 is 1.20 bits per heavy atom. The number of unbranched alkanes of at least 4 members (excludes halogenated alkanes) is 2. The summed E-state index contributed by atoms with van der Waals surface area (Å²) in [5.74, 6) is -0.212. The van der Waals surface area contributed by atoms with Gasteiger partial charge in [-0.25, -0.2) is 4.68 Å². The van der Waals surface area contributed by atoms with E-state index in [2.05, 4.69) is 27.5 Å². The average Bonchev–Trinajstić information content (AvgIpc) is 3.22. The molecule has 0 aliphatic rings. The number of carbonyl (C=O) groups is 1. The van der Waals surface area contributed by atoms with Gasteiger partial charge in [0.05, 0.1) is 23.1 Å². The second-order valence-electron chi connectivity index (χ2n) is 5.80. The van der Waals surface area contributed by atoms with Gasteiger partial charge in [-0.2, -0.15) is 5.10 Å². The van der Waals surface area contributed by atoms with Gasteiger partial charge in [0, 0.05) is 6.42 Å². The number of nitrogens with zero attached hydrogens (tertiary/aromatic N) is 4. The quantitative estimate of drug-likeness (QED) is 0.650. The van der Waals surface area contributed by atoms with Crippen molar-refractivity contribution in [3.8, 4) is 5.69 Å². The van der Waals surface area contributed by atoms with Gasteiger partial charge < -0.3 is 0 Å². The second-order valence-corrected chi connectivity index (χ2v) is 6.87. The molecule has 0 saturated carbocycles. The molecule has 1 aromatic carbocycles. The van der Waals surface area contributed by atoms with Crippen molar-refractivity contribution in [2.24, 2.45) is 0 Å². The number of rotatable bonds is 7. The highest BCUT2D eigenvalue weighted by molar-refractivity contribution is 7.15. The molecule has 2 heterocycles. The average molecular weight is 355 g/mol. The molecule has 0 aliphatic heterocycles. The lowest BCUT2D eigenvalue weighted by atomic mass is 10.2. The lowest BCUT2D eigenvalue weighted by molar-refractivity contribution is 0.102. The zero-order valence-corrected chi connectivity index (χ0v) is 15.2. The lowest BCUT2D eigenvalue weighted by Gasteiger charge is -2.05.